The number of hydrogen-bond acceptors (Lipinski definition) is 5. The molecule has 5 nitrogen and oxygen atoms in total. The molecule has 0 saturated heterocycles. The van der Waals surface area contributed by atoms with Crippen LogP contribution in [0.25, 0.3) is 0 Å². The van der Waals surface area contributed by atoms with Crippen molar-refractivity contribution in [3.63, 3.8) is 0 Å². The van der Waals surface area contributed by atoms with Crippen molar-refractivity contribution in [3.05, 3.63) is 29.8 Å². The van der Waals surface area contributed by atoms with Crippen molar-refractivity contribution in [2.75, 3.05) is 19.5 Å². The summed E-state index contributed by atoms with van der Waals surface area (Å²) in [5, 5.41) is 0. The number of nitrogen functional groups attached to an aromatic ring is 1. The van der Waals surface area contributed by atoms with Crippen molar-refractivity contribution < 1.29 is 19.1 Å². The maximum Gasteiger partial charge on any atom is 0.314 e. The van der Waals surface area contributed by atoms with Crippen LogP contribution >= 0.6 is 0 Å². The lowest BCUT2D eigenvalue weighted by Crippen LogP contribution is -2.32. The van der Waals surface area contributed by atoms with Crippen molar-refractivity contribution in [1.82, 2.24) is 0 Å². The van der Waals surface area contributed by atoms with Crippen LogP contribution < -0.4 is 5.73 Å². The molecule has 1 aromatic rings. The molecule has 0 amide bonds. The van der Waals surface area contributed by atoms with Crippen LogP contribution in [0.3, 0.4) is 0 Å². The lowest BCUT2D eigenvalue weighted by atomic mass is 9.95. The van der Waals surface area contributed by atoms with Crippen LogP contribution in [0.5, 0.6) is 0 Å². The Morgan fingerprint density at radius 1 is 1.21 bits per heavy atom. The summed E-state index contributed by atoms with van der Waals surface area (Å²) in [4.78, 5) is 23.1. The van der Waals surface area contributed by atoms with E-state index in [-0.39, 0.29) is 19.0 Å². The molecule has 0 saturated carbocycles. The second-order valence-electron chi connectivity index (χ2n) is 4.95. The second kappa shape index (κ2) is 6.22. The number of rotatable bonds is 5. The van der Waals surface area contributed by atoms with Crippen molar-refractivity contribution >= 4 is 17.6 Å². The first-order valence-electron chi connectivity index (χ1n) is 5.93. The number of anilines is 1. The van der Waals surface area contributed by atoms with Gasteiger partial charge in [0.1, 0.15) is 6.61 Å². The zero-order chi connectivity index (χ0) is 14.5. The average molecular weight is 265 g/mol. The molecule has 0 fully saturated rings. The summed E-state index contributed by atoms with van der Waals surface area (Å²) in [6.07, 6.45) is 0.150. The van der Waals surface area contributed by atoms with Crippen LogP contribution in [-0.4, -0.2) is 25.7 Å². The molecular formula is C14H19NO4. The van der Waals surface area contributed by atoms with E-state index in [2.05, 4.69) is 4.74 Å². The lowest BCUT2D eigenvalue weighted by molar-refractivity contribution is -0.158. The fourth-order valence-corrected chi connectivity index (χ4v) is 1.45. The first-order valence-corrected chi connectivity index (χ1v) is 5.93. The van der Waals surface area contributed by atoms with Gasteiger partial charge in [-0.1, -0.05) is 12.1 Å². The smallest absolute Gasteiger partial charge is 0.314 e. The van der Waals surface area contributed by atoms with E-state index in [0.29, 0.717) is 5.69 Å². The van der Waals surface area contributed by atoms with E-state index in [1.54, 1.807) is 38.1 Å². The number of methoxy groups -OCH3 is 1. The molecule has 0 aromatic heterocycles. The third kappa shape index (κ3) is 4.62. The van der Waals surface area contributed by atoms with Crippen molar-refractivity contribution in [2.45, 2.75) is 20.3 Å². The number of carbonyl (C=O) groups excluding carboxylic acids is 2. The van der Waals surface area contributed by atoms with Crippen LogP contribution in [0.2, 0.25) is 0 Å². The molecule has 0 atom stereocenters. The van der Waals surface area contributed by atoms with Crippen molar-refractivity contribution in [1.29, 1.82) is 0 Å². The van der Waals surface area contributed by atoms with E-state index in [1.165, 1.54) is 7.11 Å². The maximum absolute atomic E-state index is 11.6. The van der Waals surface area contributed by atoms with E-state index >= 15 is 0 Å². The van der Waals surface area contributed by atoms with Gasteiger partial charge in [0.25, 0.3) is 0 Å². The van der Waals surface area contributed by atoms with Gasteiger partial charge < -0.3 is 15.2 Å². The number of hydrogen-bond donors (Lipinski definition) is 1. The molecule has 104 valence electrons. The van der Waals surface area contributed by atoms with Gasteiger partial charge in [0.15, 0.2) is 0 Å². The zero-order valence-electron chi connectivity index (χ0n) is 11.4. The van der Waals surface area contributed by atoms with Gasteiger partial charge in [0, 0.05) is 5.69 Å². The Hall–Kier alpha value is -2.04. The third-order valence-electron chi connectivity index (χ3n) is 2.66. The number of carbonyl (C=O) groups is 2. The highest BCUT2D eigenvalue weighted by Crippen LogP contribution is 2.17. The average Bonchev–Trinajstić information content (AvgIpc) is 2.38. The van der Waals surface area contributed by atoms with Crippen LogP contribution in [0.4, 0.5) is 5.69 Å². The highest BCUT2D eigenvalue weighted by atomic mass is 16.5. The van der Waals surface area contributed by atoms with Gasteiger partial charge >= 0.3 is 11.9 Å². The molecule has 0 radical (unpaired) electrons. The summed E-state index contributed by atoms with van der Waals surface area (Å²) in [6, 6.07) is 6.98. The number of ether oxygens (including phenoxy) is 2. The predicted molar refractivity (Wildman–Crippen MR) is 71.3 cm³/mol. The summed E-state index contributed by atoms with van der Waals surface area (Å²) in [5.74, 6) is -0.797. The van der Waals surface area contributed by atoms with E-state index < -0.39 is 11.4 Å². The number of esters is 2. The molecule has 0 unspecified atom stereocenters. The molecule has 0 spiro atoms. The summed E-state index contributed by atoms with van der Waals surface area (Å²) < 4.78 is 9.73. The van der Waals surface area contributed by atoms with E-state index in [4.69, 9.17) is 10.5 Å². The predicted octanol–water partition coefficient (Wildman–Crippen LogP) is 1.55. The van der Waals surface area contributed by atoms with Crippen LogP contribution in [-0.2, 0) is 25.5 Å². The molecule has 0 aliphatic carbocycles. The largest absolute Gasteiger partial charge is 0.469 e. The Bertz CT molecular complexity index is 451. The molecule has 1 rings (SSSR count). The summed E-state index contributed by atoms with van der Waals surface area (Å²) in [7, 11) is 1.31. The number of benzene rings is 1. The van der Waals surface area contributed by atoms with Gasteiger partial charge in [-0.2, -0.15) is 0 Å². The standard InChI is InChI=1S/C14H19NO4/c1-14(2,13(17)18-3)9-19-12(16)8-10-4-6-11(15)7-5-10/h4-7H,8-9,15H2,1-3H3. The van der Waals surface area contributed by atoms with Gasteiger partial charge in [-0.25, -0.2) is 0 Å². The molecule has 0 heterocycles. The Morgan fingerprint density at radius 2 is 1.79 bits per heavy atom. The van der Waals surface area contributed by atoms with E-state index in [1.807, 2.05) is 0 Å². The topological polar surface area (TPSA) is 78.6 Å². The first-order chi connectivity index (χ1) is 8.85. The first kappa shape index (κ1) is 15.0. The SMILES string of the molecule is COC(=O)C(C)(C)COC(=O)Cc1ccc(N)cc1. The van der Waals surface area contributed by atoms with Crippen LogP contribution in [0, 0.1) is 5.41 Å². The highest BCUT2D eigenvalue weighted by molar-refractivity contribution is 5.77. The fourth-order valence-electron chi connectivity index (χ4n) is 1.45. The normalized spacial score (nSPS) is 10.9. The summed E-state index contributed by atoms with van der Waals surface area (Å²) in [5.41, 5.74) is 6.17. The summed E-state index contributed by atoms with van der Waals surface area (Å²) >= 11 is 0. The third-order valence-corrected chi connectivity index (χ3v) is 2.66. The maximum atomic E-state index is 11.6. The van der Waals surface area contributed by atoms with Crippen molar-refractivity contribution in [3.8, 4) is 0 Å². The molecule has 2 N–H and O–H groups in total. The minimum absolute atomic E-state index is 0.00647. The molecule has 1 aromatic carbocycles. The van der Waals surface area contributed by atoms with E-state index in [0.717, 1.165) is 5.56 Å². The second-order valence-corrected chi connectivity index (χ2v) is 4.95. The minimum atomic E-state index is -0.842. The lowest BCUT2D eigenvalue weighted by Gasteiger charge is -2.20. The zero-order valence-corrected chi connectivity index (χ0v) is 11.4. The van der Waals surface area contributed by atoms with Gasteiger partial charge in [0.2, 0.25) is 0 Å². The van der Waals surface area contributed by atoms with Gasteiger partial charge in [-0.3, -0.25) is 9.59 Å². The van der Waals surface area contributed by atoms with Crippen LogP contribution in [0.15, 0.2) is 24.3 Å². The molecule has 0 aliphatic rings. The van der Waals surface area contributed by atoms with Crippen LogP contribution in [0.1, 0.15) is 19.4 Å². The van der Waals surface area contributed by atoms with Crippen molar-refractivity contribution in [2.24, 2.45) is 5.41 Å². The molecular weight excluding hydrogens is 246 g/mol. The van der Waals surface area contributed by atoms with Gasteiger partial charge in [-0.05, 0) is 31.5 Å². The Labute approximate surface area is 112 Å². The Morgan fingerprint density at radius 3 is 2.32 bits per heavy atom. The molecule has 19 heavy (non-hydrogen) atoms. The minimum Gasteiger partial charge on any atom is -0.469 e. The number of nitrogens with two attached hydrogens (primary N) is 1. The highest BCUT2D eigenvalue weighted by Gasteiger charge is 2.30. The Kier molecular flexibility index (Phi) is 4.92. The molecule has 0 aliphatic heterocycles. The molecule has 5 heteroatoms. The summed E-state index contributed by atoms with van der Waals surface area (Å²) in [6.45, 7) is 3.32. The fraction of sp³-hybridized carbons (Fsp3) is 0.429. The van der Waals surface area contributed by atoms with Gasteiger partial charge in [-0.15, -0.1) is 0 Å². The molecule has 0 bridgehead atoms. The van der Waals surface area contributed by atoms with Gasteiger partial charge in [0.05, 0.1) is 18.9 Å². The van der Waals surface area contributed by atoms with E-state index in [9.17, 15) is 9.59 Å². The monoisotopic (exact) mass is 265 g/mol. The quantitative estimate of drug-likeness (QED) is 0.645. The Balaban J connectivity index is 2.48.